The first-order chi connectivity index (χ1) is 10.0. The highest BCUT2D eigenvalue weighted by atomic mass is 16.2. The van der Waals surface area contributed by atoms with Crippen molar-refractivity contribution >= 4 is 28.7 Å². The number of nitrogens with zero attached hydrogens (tertiary/aromatic N) is 4. The van der Waals surface area contributed by atoms with Crippen LogP contribution in [0.3, 0.4) is 0 Å². The monoisotopic (exact) mass is 292 g/mol. The van der Waals surface area contributed by atoms with Crippen molar-refractivity contribution in [1.82, 2.24) is 25.5 Å². The average molecular weight is 292 g/mol. The molecule has 9 heteroatoms. The second kappa shape index (κ2) is 6.35. The first-order valence-corrected chi connectivity index (χ1v) is 6.77. The SMILES string of the molecule is CCN(CC(=O)NC(C)C)c1nc(NN)nc2[nH]ncc12. The molecular weight excluding hydrogens is 272 g/mol. The van der Waals surface area contributed by atoms with E-state index in [9.17, 15) is 4.79 Å². The van der Waals surface area contributed by atoms with Gasteiger partial charge in [0, 0.05) is 12.6 Å². The van der Waals surface area contributed by atoms with Crippen LogP contribution >= 0.6 is 0 Å². The van der Waals surface area contributed by atoms with Gasteiger partial charge in [-0.2, -0.15) is 15.1 Å². The van der Waals surface area contributed by atoms with Gasteiger partial charge in [-0.15, -0.1) is 0 Å². The third-order valence-electron chi connectivity index (χ3n) is 2.88. The maximum Gasteiger partial charge on any atom is 0.241 e. The molecule has 0 saturated heterocycles. The molecule has 0 saturated carbocycles. The first kappa shape index (κ1) is 15.0. The molecule has 0 unspecified atom stereocenters. The number of rotatable bonds is 6. The Morgan fingerprint density at radius 1 is 1.48 bits per heavy atom. The van der Waals surface area contributed by atoms with Crippen LogP contribution in [0.2, 0.25) is 0 Å². The van der Waals surface area contributed by atoms with Crippen LogP contribution in [0.15, 0.2) is 6.20 Å². The van der Waals surface area contributed by atoms with Crippen LogP contribution in [-0.2, 0) is 4.79 Å². The maximum atomic E-state index is 12.0. The molecular formula is C12H20N8O. The van der Waals surface area contributed by atoms with E-state index in [0.29, 0.717) is 18.0 Å². The molecule has 0 atom stereocenters. The van der Waals surface area contributed by atoms with E-state index in [1.54, 1.807) is 6.20 Å². The molecule has 2 aromatic heterocycles. The summed E-state index contributed by atoms with van der Waals surface area (Å²) in [6.45, 7) is 6.61. The van der Waals surface area contributed by atoms with E-state index in [2.05, 4.69) is 30.9 Å². The molecule has 0 bridgehead atoms. The van der Waals surface area contributed by atoms with Crippen LogP contribution < -0.4 is 21.5 Å². The number of aromatic nitrogens is 4. The lowest BCUT2D eigenvalue weighted by Crippen LogP contribution is -2.40. The second-order valence-electron chi connectivity index (χ2n) is 4.88. The minimum absolute atomic E-state index is 0.0654. The smallest absolute Gasteiger partial charge is 0.241 e. The number of H-pyrrole nitrogens is 1. The Morgan fingerprint density at radius 3 is 2.86 bits per heavy atom. The Morgan fingerprint density at radius 2 is 2.24 bits per heavy atom. The van der Waals surface area contributed by atoms with E-state index in [1.807, 2.05) is 25.7 Å². The van der Waals surface area contributed by atoms with Crippen LogP contribution in [0.1, 0.15) is 20.8 Å². The fraction of sp³-hybridized carbons (Fsp3) is 0.500. The zero-order valence-electron chi connectivity index (χ0n) is 12.3. The number of hydrogen-bond donors (Lipinski definition) is 4. The van der Waals surface area contributed by atoms with Crippen molar-refractivity contribution in [2.24, 2.45) is 5.84 Å². The molecule has 2 rings (SSSR count). The van der Waals surface area contributed by atoms with Gasteiger partial charge in [0.2, 0.25) is 11.9 Å². The number of fused-ring (bicyclic) bond motifs is 1. The van der Waals surface area contributed by atoms with Crippen LogP contribution in [0, 0.1) is 0 Å². The van der Waals surface area contributed by atoms with Crippen molar-refractivity contribution in [3.63, 3.8) is 0 Å². The van der Waals surface area contributed by atoms with Gasteiger partial charge in [0.05, 0.1) is 18.1 Å². The first-order valence-electron chi connectivity index (χ1n) is 6.77. The number of carbonyl (C=O) groups is 1. The summed E-state index contributed by atoms with van der Waals surface area (Å²) in [5.74, 6) is 6.20. The van der Waals surface area contributed by atoms with Crippen LogP contribution in [0.5, 0.6) is 0 Å². The average Bonchev–Trinajstić information content (AvgIpc) is 2.91. The lowest BCUT2D eigenvalue weighted by molar-refractivity contribution is -0.120. The zero-order chi connectivity index (χ0) is 15.4. The summed E-state index contributed by atoms with van der Waals surface area (Å²) < 4.78 is 0. The lowest BCUT2D eigenvalue weighted by atomic mass is 10.3. The molecule has 0 spiro atoms. The van der Waals surface area contributed by atoms with Gasteiger partial charge < -0.3 is 10.2 Å². The maximum absolute atomic E-state index is 12.0. The van der Waals surface area contributed by atoms with Gasteiger partial charge in [-0.1, -0.05) is 0 Å². The summed E-state index contributed by atoms with van der Waals surface area (Å²) >= 11 is 0. The van der Waals surface area contributed by atoms with Gasteiger partial charge in [0.25, 0.3) is 0 Å². The summed E-state index contributed by atoms with van der Waals surface area (Å²) in [6.07, 6.45) is 1.63. The van der Waals surface area contributed by atoms with E-state index in [1.165, 1.54) is 0 Å². The molecule has 1 amide bonds. The van der Waals surface area contributed by atoms with E-state index in [4.69, 9.17) is 5.84 Å². The Labute approximate surface area is 122 Å². The Bertz CT molecular complexity index is 623. The number of amides is 1. The quantitative estimate of drug-likeness (QED) is 0.436. The summed E-state index contributed by atoms with van der Waals surface area (Å²) in [4.78, 5) is 22.3. The predicted octanol–water partition coefficient (Wildman–Crippen LogP) is -0.0106. The van der Waals surface area contributed by atoms with Gasteiger partial charge in [-0.3, -0.25) is 15.3 Å². The summed E-state index contributed by atoms with van der Waals surface area (Å²) in [6, 6.07) is 0.0943. The molecule has 0 aromatic carbocycles. The predicted molar refractivity (Wildman–Crippen MR) is 80.7 cm³/mol. The molecule has 0 aliphatic carbocycles. The summed E-state index contributed by atoms with van der Waals surface area (Å²) in [5, 5.41) is 10.3. The van der Waals surface area contributed by atoms with Gasteiger partial charge in [0.1, 0.15) is 5.82 Å². The van der Waals surface area contributed by atoms with E-state index in [0.717, 1.165) is 5.39 Å². The Kier molecular flexibility index (Phi) is 4.53. The minimum atomic E-state index is -0.0654. The number of nitrogen functional groups attached to an aromatic ring is 1. The number of carbonyl (C=O) groups excluding carboxylic acids is 1. The Balaban J connectivity index is 2.32. The molecule has 0 aliphatic rings. The van der Waals surface area contributed by atoms with E-state index < -0.39 is 0 Å². The number of nitrogens with one attached hydrogen (secondary N) is 3. The van der Waals surface area contributed by atoms with Crippen molar-refractivity contribution in [3.05, 3.63) is 6.20 Å². The largest absolute Gasteiger partial charge is 0.352 e. The number of likely N-dealkylation sites (N-methyl/N-ethyl adjacent to an activating group) is 1. The van der Waals surface area contributed by atoms with Gasteiger partial charge in [0.15, 0.2) is 5.65 Å². The summed E-state index contributed by atoms with van der Waals surface area (Å²) in [7, 11) is 0. The number of anilines is 2. The normalized spacial score (nSPS) is 10.9. The Hall–Kier alpha value is -2.42. The van der Waals surface area contributed by atoms with Crippen molar-refractivity contribution in [2.45, 2.75) is 26.8 Å². The topological polar surface area (TPSA) is 125 Å². The van der Waals surface area contributed by atoms with Gasteiger partial charge >= 0.3 is 0 Å². The van der Waals surface area contributed by atoms with Crippen molar-refractivity contribution < 1.29 is 4.79 Å². The van der Waals surface area contributed by atoms with Gasteiger partial charge in [-0.05, 0) is 20.8 Å². The number of nitrogens with two attached hydrogens (primary N) is 1. The van der Waals surface area contributed by atoms with Crippen LogP contribution in [0.25, 0.3) is 11.0 Å². The molecule has 9 nitrogen and oxygen atoms in total. The molecule has 0 radical (unpaired) electrons. The molecule has 0 fully saturated rings. The highest BCUT2D eigenvalue weighted by Gasteiger charge is 2.17. The number of aromatic amines is 1. The fourth-order valence-electron chi connectivity index (χ4n) is 2.00. The standard InChI is InChI=1S/C12H20N8O/c1-4-20(6-9(21)15-7(2)3)11-8-5-14-19-10(8)16-12(17-11)18-13/h5,7H,4,6,13H2,1-3H3,(H,15,21)(H2,14,16,17,18,19). The highest BCUT2D eigenvalue weighted by Crippen LogP contribution is 2.23. The van der Waals surface area contributed by atoms with E-state index >= 15 is 0 Å². The van der Waals surface area contributed by atoms with Crippen molar-refractivity contribution in [1.29, 1.82) is 0 Å². The molecule has 2 aromatic rings. The molecule has 2 heterocycles. The van der Waals surface area contributed by atoms with Gasteiger partial charge in [-0.25, -0.2) is 5.84 Å². The summed E-state index contributed by atoms with van der Waals surface area (Å²) in [5.41, 5.74) is 2.98. The zero-order valence-corrected chi connectivity index (χ0v) is 12.3. The molecule has 114 valence electrons. The minimum Gasteiger partial charge on any atom is -0.352 e. The van der Waals surface area contributed by atoms with Crippen molar-refractivity contribution in [2.75, 3.05) is 23.4 Å². The number of hydrazine groups is 1. The lowest BCUT2D eigenvalue weighted by Gasteiger charge is -2.22. The van der Waals surface area contributed by atoms with E-state index in [-0.39, 0.29) is 24.4 Å². The van der Waals surface area contributed by atoms with Crippen LogP contribution in [-0.4, -0.2) is 45.2 Å². The third-order valence-corrected chi connectivity index (χ3v) is 2.88. The second-order valence-corrected chi connectivity index (χ2v) is 4.88. The van der Waals surface area contributed by atoms with Crippen LogP contribution in [0.4, 0.5) is 11.8 Å². The molecule has 0 aliphatic heterocycles. The molecule has 21 heavy (non-hydrogen) atoms. The molecule has 5 N–H and O–H groups in total. The van der Waals surface area contributed by atoms with Crippen molar-refractivity contribution in [3.8, 4) is 0 Å². The fourth-order valence-corrected chi connectivity index (χ4v) is 2.00. The third kappa shape index (κ3) is 3.37. The number of hydrogen-bond acceptors (Lipinski definition) is 7. The highest BCUT2D eigenvalue weighted by molar-refractivity contribution is 5.90.